The Kier molecular flexibility index (Phi) is 14.7. The summed E-state index contributed by atoms with van der Waals surface area (Å²) in [7, 11) is 0. The predicted octanol–water partition coefficient (Wildman–Crippen LogP) is 6.47. The van der Waals surface area contributed by atoms with E-state index in [2.05, 4.69) is 40.7 Å². The third-order valence-corrected chi connectivity index (χ3v) is 13.1. The largest absolute Gasteiger partial charge is 0.378 e. The molecule has 11 atom stereocenters. The van der Waals surface area contributed by atoms with E-state index in [4.69, 9.17) is 36.1 Å². The molecule has 0 aromatic rings. The molecule has 6 N–H and O–H groups in total. The Morgan fingerprint density at radius 1 is 0.800 bits per heavy atom. The van der Waals surface area contributed by atoms with E-state index in [9.17, 15) is 0 Å². The lowest BCUT2D eigenvalue weighted by atomic mass is 9.43. The molecule has 3 unspecified atom stereocenters. The summed E-state index contributed by atoms with van der Waals surface area (Å²) in [5, 5.41) is 0. The Morgan fingerprint density at radius 3 is 2.18 bits per heavy atom. The van der Waals surface area contributed by atoms with Gasteiger partial charge in [-0.3, -0.25) is 0 Å². The van der Waals surface area contributed by atoms with Crippen LogP contribution in [0.3, 0.4) is 0 Å². The lowest BCUT2D eigenvalue weighted by molar-refractivity contribution is -0.227. The van der Waals surface area contributed by atoms with Gasteiger partial charge in [-0.1, -0.05) is 32.4 Å². The predicted molar refractivity (Wildman–Crippen MR) is 185 cm³/mol. The number of fused-ring (bicyclic) bond motifs is 5. The Balaban J connectivity index is 1.56. The van der Waals surface area contributed by atoms with Crippen LogP contribution in [0.25, 0.3) is 0 Å². The smallest absolute Gasteiger partial charge is 0.0649 e. The topological polar surface area (TPSA) is 115 Å². The van der Waals surface area contributed by atoms with Gasteiger partial charge in [0, 0.05) is 31.8 Å². The molecule has 0 amide bonds. The second kappa shape index (κ2) is 17.7. The van der Waals surface area contributed by atoms with E-state index in [1.807, 2.05) is 0 Å². The molecule has 0 heterocycles. The maximum atomic E-state index is 6.99. The minimum atomic E-state index is 0.152. The Bertz CT molecular complexity index is 898. The average molecular weight is 634 g/mol. The third kappa shape index (κ3) is 8.74. The number of hydrogen-bond acceptors (Lipinski definition) is 7. The third-order valence-electron chi connectivity index (χ3n) is 13.1. The lowest BCUT2D eigenvalue weighted by Crippen LogP contribution is -2.63. The van der Waals surface area contributed by atoms with Crippen LogP contribution in [-0.2, 0) is 18.9 Å². The van der Waals surface area contributed by atoms with Crippen LogP contribution in [0.4, 0.5) is 0 Å². The summed E-state index contributed by atoms with van der Waals surface area (Å²) in [6, 6.07) is 0. The zero-order valence-electron chi connectivity index (χ0n) is 29.8. The first-order valence-corrected chi connectivity index (χ1v) is 18.9. The molecule has 4 fully saturated rings. The van der Waals surface area contributed by atoms with Crippen molar-refractivity contribution in [3.05, 3.63) is 11.6 Å². The Morgan fingerprint density at radius 2 is 1.49 bits per heavy atom. The van der Waals surface area contributed by atoms with Gasteiger partial charge < -0.3 is 36.1 Å². The fraction of sp³-hybridized carbons (Fsp3) is 0.947. The van der Waals surface area contributed by atoms with Gasteiger partial charge in [0.15, 0.2) is 0 Å². The highest BCUT2D eigenvalue weighted by molar-refractivity contribution is 5.15. The van der Waals surface area contributed by atoms with Crippen molar-refractivity contribution in [2.75, 3.05) is 52.7 Å². The van der Waals surface area contributed by atoms with Crippen molar-refractivity contribution in [3.63, 3.8) is 0 Å². The van der Waals surface area contributed by atoms with Gasteiger partial charge in [-0.15, -0.1) is 0 Å². The molecule has 0 aliphatic heterocycles. The van der Waals surface area contributed by atoms with Crippen molar-refractivity contribution in [1.82, 2.24) is 0 Å². The molecule has 0 saturated heterocycles. The molecule has 4 aliphatic rings. The van der Waals surface area contributed by atoms with Crippen LogP contribution >= 0.6 is 0 Å². The first-order valence-electron chi connectivity index (χ1n) is 18.9. The van der Waals surface area contributed by atoms with Crippen LogP contribution in [0, 0.1) is 46.3 Å². The van der Waals surface area contributed by atoms with E-state index in [0.717, 1.165) is 84.4 Å². The molecular formula is C38H71N3O4. The molecule has 7 heteroatoms. The van der Waals surface area contributed by atoms with Gasteiger partial charge in [0.25, 0.3) is 0 Å². The number of ether oxygens (including phenoxy) is 4. The highest BCUT2D eigenvalue weighted by Crippen LogP contribution is 2.69. The molecule has 0 bridgehead atoms. The second-order valence-electron chi connectivity index (χ2n) is 16.0. The van der Waals surface area contributed by atoms with E-state index in [1.165, 1.54) is 31.3 Å². The zero-order chi connectivity index (χ0) is 32.5. The van der Waals surface area contributed by atoms with Crippen LogP contribution < -0.4 is 17.2 Å². The minimum absolute atomic E-state index is 0.152. The average Bonchev–Trinajstić information content (AvgIpc) is 3.37. The van der Waals surface area contributed by atoms with E-state index in [1.54, 1.807) is 0 Å². The summed E-state index contributed by atoms with van der Waals surface area (Å²) in [5.74, 6) is 3.75. The zero-order valence-corrected chi connectivity index (χ0v) is 29.8. The number of rotatable bonds is 19. The van der Waals surface area contributed by atoms with Gasteiger partial charge in [-0.2, -0.15) is 0 Å². The van der Waals surface area contributed by atoms with Crippen LogP contribution in [0.2, 0.25) is 0 Å². The molecule has 0 aromatic carbocycles. The van der Waals surface area contributed by atoms with E-state index < -0.39 is 0 Å². The minimum Gasteiger partial charge on any atom is -0.378 e. The monoisotopic (exact) mass is 634 g/mol. The molecule has 45 heavy (non-hydrogen) atoms. The SMILES string of the molecule is CC(C)=CCOCCC[C@@H](C)[C@H]1CC[C@H]2C3[C@H](OCCCN)CC4C[C@H](OCCCN)CC[C@]4(C)[C@H]3C[C@H](OCCCN)C12C. The number of nitrogens with two attached hydrogens (primary N) is 3. The molecule has 0 radical (unpaired) electrons. The Hall–Kier alpha value is -0.540. The van der Waals surface area contributed by atoms with Crippen LogP contribution in [-0.4, -0.2) is 71.0 Å². The highest BCUT2D eigenvalue weighted by Gasteiger charge is 2.66. The van der Waals surface area contributed by atoms with Gasteiger partial charge in [-0.05, 0) is 151 Å². The summed E-state index contributed by atoms with van der Waals surface area (Å²) in [6.45, 7) is 18.0. The fourth-order valence-corrected chi connectivity index (χ4v) is 10.6. The summed E-state index contributed by atoms with van der Waals surface area (Å²) in [5.41, 5.74) is 19.5. The molecular weight excluding hydrogens is 562 g/mol. The molecule has 262 valence electrons. The van der Waals surface area contributed by atoms with Crippen molar-refractivity contribution < 1.29 is 18.9 Å². The Labute approximate surface area is 276 Å². The second-order valence-corrected chi connectivity index (χ2v) is 16.0. The molecule has 0 spiro atoms. The van der Waals surface area contributed by atoms with Crippen LogP contribution in [0.15, 0.2) is 11.6 Å². The lowest BCUT2D eigenvalue weighted by Gasteiger charge is -2.65. The maximum absolute atomic E-state index is 6.99. The molecule has 4 rings (SSSR count). The molecule has 4 saturated carbocycles. The van der Waals surface area contributed by atoms with E-state index >= 15 is 0 Å². The van der Waals surface area contributed by atoms with Gasteiger partial charge in [0.2, 0.25) is 0 Å². The standard InChI is InChI=1S/C38H71N3O4/c1-27(2)14-23-42-19-6-10-28(3)31-11-12-32-36-33(26-35(38(31,32)5)45-22-9-18-41)37(4)15-13-30(43-20-7-16-39)24-29(37)25-34(36)44-21-8-17-40/h14,28-36H,6-13,15-26,39-41H2,1-5H3/t28-,29?,30-,31-,32+,33+,34-,35+,36?,37+,38?/m1/s1. The number of hydrogen-bond donors (Lipinski definition) is 3. The summed E-state index contributed by atoms with van der Waals surface area (Å²) < 4.78 is 26.2. The van der Waals surface area contributed by atoms with Crippen molar-refractivity contribution in [1.29, 1.82) is 0 Å². The van der Waals surface area contributed by atoms with Gasteiger partial charge in [-0.25, -0.2) is 0 Å². The molecule has 7 nitrogen and oxygen atoms in total. The normalized spacial score (nSPS) is 38.3. The molecule has 4 aliphatic carbocycles. The van der Waals surface area contributed by atoms with Crippen LogP contribution in [0.1, 0.15) is 112 Å². The summed E-state index contributed by atoms with van der Waals surface area (Å²) >= 11 is 0. The van der Waals surface area contributed by atoms with Crippen molar-refractivity contribution in [2.24, 2.45) is 63.5 Å². The van der Waals surface area contributed by atoms with Gasteiger partial charge >= 0.3 is 0 Å². The summed E-state index contributed by atoms with van der Waals surface area (Å²) in [4.78, 5) is 0. The highest BCUT2D eigenvalue weighted by atomic mass is 16.5. The van der Waals surface area contributed by atoms with E-state index in [0.29, 0.717) is 72.8 Å². The van der Waals surface area contributed by atoms with Gasteiger partial charge in [0.1, 0.15) is 0 Å². The maximum Gasteiger partial charge on any atom is 0.0649 e. The van der Waals surface area contributed by atoms with Crippen molar-refractivity contribution in [3.8, 4) is 0 Å². The van der Waals surface area contributed by atoms with Gasteiger partial charge in [0.05, 0.1) is 24.9 Å². The summed E-state index contributed by atoms with van der Waals surface area (Å²) in [6.07, 6.45) is 16.7. The van der Waals surface area contributed by atoms with Crippen molar-refractivity contribution in [2.45, 2.75) is 130 Å². The quantitative estimate of drug-likeness (QED) is 0.110. The molecule has 0 aromatic heterocycles. The van der Waals surface area contributed by atoms with Crippen molar-refractivity contribution >= 4 is 0 Å². The first-order chi connectivity index (χ1) is 21.7. The first kappa shape index (κ1) is 37.3. The number of allylic oxidation sites excluding steroid dienone is 1. The van der Waals surface area contributed by atoms with Crippen LogP contribution in [0.5, 0.6) is 0 Å². The van der Waals surface area contributed by atoms with E-state index in [-0.39, 0.29) is 11.5 Å². The fourth-order valence-electron chi connectivity index (χ4n) is 10.6.